The van der Waals surface area contributed by atoms with Crippen LogP contribution in [0.15, 0.2) is 53.8 Å². The van der Waals surface area contributed by atoms with Gasteiger partial charge in [0.15, 0.2) is 9.84 Å². The van der Waals surface area contributed by atoms with Gasteiger partial charge in [0, 0.05) is 24.4 Å². The minimum Gasteiger partial charge on any atom is -0.491 e. The van der Waals surface area contributed by atoms with Gasteiger partial charge < -0.3 is 15.4 Å². The van der Waals surface area contributed by atoms with Crippen LogP contribution in [0.2, 0.25) is 0 Å². The monoisotopic (exact) mass is 437 g/mol. The maximum atomic E-state index is 13.3. The van der Waals surface area contributed by atoms with Crippen molar-refractivity contribution in [3.8, 4) is 5.75 Å². The maximum absolute atomic E-state index is 13.3. The molecule has 0 saturated carbocycles. The second-order valence-electron chi connectivity index (χ2n) is 7.56. The number of aromatic nitrogens is 3. The highest BCUT2D eigenvalue weighted by molar-refractivity contribution is 7.90. The second-order valence-corrected chi connectivity index (χ2v) is 9.58. The molecule has 0 saturated heterocycles. The zero-order valence-corrected chi connectivity index (χ0v) is 17.6. The van der Waals surface area contributed by atoms with Crippen LogP contribution in [0.25, 0.3) is 16.6 Å². The van der Waals surface area contributed by atoms with Crippen LogP contribution in [0.4, 0.5) is 5.82 Å². The first-order chi connectivity index (χ1) is 14.7. The Morgan fingerprint density at radius 1 is 1.23 bits per heavy atom. The smallest absolute Gasteiger partial charge is 0.254 e. The van der Waals surface area contributed by atoms with Gasteiger partial charge in [-0.3, -0.25) is 9.20 Å². The van der Waals surface area contributed by atoms with E-state index in [1.54, 1.807) is 53.1 Å². The number of amides is 1. The highest BCUT2D eigenvalue weighted by Crippen LogP contribution is 2.37. The number of nitrogens with two attached hydrogens (primary N) is 1. The predicted octanol–water partition coefficient (Wildman–Crippen LogP) is 2.07. The first-order valence-electron chi connectivity index (χ1n) is 9.49. The van der Waals surface area contributed by atoms with Crippen LogP contribution in [0.1, 0.15) is 22.0 Å². The lowest BCUT2D eigenvalue weighted by atomic mass is 10.1. The van der Waals surface area contributed by atoms with Gasteiger partial charge in [-0.05, 0) is 30.3 Å². The molecule has 5 rings (SSSR count). The van der Waals surface area contributed by atoms with Gasteiger partial charge in [0.1, 0.15) is 23.7 Å². The number of carbonyl (C=O) groups is 1. The molecule has 1 aliphatic rings. The summed E-state index contributed by atoms with van der Waals surface area (Å²) in [4.78, 5) is 23.5. The molecule has 0 aliphatic carbocycles. The molecule has 0 bridgehead atoms. The van der Waals surface area contributed by atoms with Gasteiger partial charge in [-0.25, -0.2) is 18.4 Å². The lowest BCUT2D eigenvalue weighted by Crippen LogP contribution is -2.32. The van der Waals surface area contributed by atoms with E-state index >= 15 is 0 Å². The molecule has 1 atom stereocenters. The van der Waals surface area contributed by atoms with Crippen molar-refractivity contribution in [1.82, 2.24) is 19.3 Å². The molecule has 2 aromatic heterocycles. The van der Waals surface area contributed by atoms with Crippen molar-refractivity contribution < 1.29 is 17.9 Å². The molecule has 1 aliphatic heterocycles. The second kappa shape index (κ2) is 6.67. The Morgan fingerprint density at radius 2 is 2.03 bits per heavy atom. The van der Waals surface area contributed by atoms with Crippen molar-refractivity contribution in [3.05, 3.63) is 60.0 Å². The number of sulfone groups is 1. The van der Waals surface area contributed by atoms with Crippen LogP contribution >= 0.6 is 0 Å². The summed E-state index contributed by atoms with van der Waals surface area (Å²) in [6.45, 7) is 0.252. The lowest BCUT2D eigenvalue weighted by molar-refractivity contribution is 0.0708. The summed E-state index contributed by atoms with van der Waals surface area (Å²) in [6.07, 6.45) is 4.41. The molecular formula is C21H19N5O4S. The third-order valence-corrected chi connectivity index (χ3v) is 6.69. The summed E-state index contributed by atoms with van der Waals surface area (Å²) in [7, 11) is -1.64. The van der Waals surface area contributed by atoms with Crippen molar-refractivity contribution in [2.24, 2.45) is 0 Å². The number of hydrogen-bond acceptors (Lipinski definition) is 7. The van der Waals surface area contributed by atoms with E-state index in [-0.39, 0.29) is 23.5 Å². The lowest BCUT2D eigenvalue weighted by Gasteiger charge is -2.24. The molecule has 0 radical (unpaired) electrons. The zero-order chi connectivity index (χ0) is 21.9. The Morgan fingerprint density at radius 3 is 2.81 bits per heavy atom. The highest BCUT2D eigenvalue weighted by atomic mass is 32.2. The third kappa shape index (κ3) is 3.07. The van der Waals surface area contributed by atoms with E-state index < -0.39 is 9.84 Å². The minimum absolute atomic E-state index is 0.187. The molecule has 9 nitrogen and oxygen atoms in total. The summed E-state index contributed by atoms with van der Waals surface area (Å²) < 4.78 is 31.1. The number of ether oxygens (including phenoxy) is 1. The fourth-order valence-corrected chi connectivity index (χ4v) is 4.51. The average molecular weight is 437 g/mol. The van der Waals surface area contributed by atoms with Gasteiger partial charge in [-0.1, -0.05) is 6.07 Å². The first kappa shape index (κ1) is 19.3. The van der Waals surface area contributed by atoms with E-state index in [0.717, 1.165) is 17.3 Å². The summed E-state index contributed by atoms with van der Waals surface area (Å²) in [5, 5.41) is 0. The molecule has 10 heteroatoms. The van der Waals surface area contributed by atoms with Gasteiger partial charge in [0.25, 0.3) is 5.91 Å². The Kier molecular flexibility index (Phi) is 4.16. The van der Waals surface area contributed by atoms with Crippen molar-refractivity contribution in [2.45, 2.75) is 10.9 Å². The number of benzene rings is 2. The molecule has 2 N–H and O–H groups in total. The largest absolute Gasteiger partial charge is 0.491 e. The molecule has 158 valence electrons. The number of likely N-dealkylation sites (N-methyl/N-ethyl adjacent to an activating group) is 1. The molecular weight excluding hydrogens is 418 g/mol. The summed E-state index contributed by atoms with van der Waals surface area (Å²) in [6, 6.07) is 9.64. The van der Waals surface area contributed by atoms with E-state index in [1.807, 2.05) is 0 Å². The summed E-state index contributed by atoms with van der Waals surface area (Å²) in [5.41, 5.74) is 9.29. The van der Waals surface area contributed by atoms with Crippen LogP contribution in [-0.2, 0) is 9.84 Å². The highest BCUT2D eigenvalue weighted by Gasteiger charge is 2.31. The van der Waals surface area contributed by atoms with Crippen molar-refractivity contribution in [3.63, 3.8) is 0 Å². The molecule has 2 aromatic carbocycles. The van der Waals surface area contributed by atoms with E-state index in [4.69, 9.17) is 10.5 Å². The van der Waals surface area contributed by atoms with Gasteiger partial charge in [0.2, 0.25) is 0 Å². The normalized spacial score (nSPS) is 15.7. The number of anilines is 1. The van der Waals surface area contributed by atoms with Gasteiger partial charge >= 0.3 is 0 Å². The fourth-order valence-electron chi connectivity index (χ4n) is 3.88. The van der Waals surface area contributed by atoms with Gasteiger partial charge in [-0.2, -0.15) is 0 Å². The van der Waals surface area contributed by atoms with Crippen LogP contribution in [0.3, 0.4) is 0 Å². The summed E-state index contributed by atoms with van der Waals surface area (Å²) >= 11 is 0. The Bertz CT molecular complexity index is 1480. The number of nitrogen functional groups attached to an aromatic ring is 1. The van der Waals surface area contributed by atoms with Gasteiger partial charge in [-0.15, -0.1) is 0 Å². The third-order valence-electron chi connectivity index (χ3n) is 5.58. The Balaban J connectivity index is 1.50. The van der Waals surface area contributed by atoms with Crippen LogP contribution in [-0.4, -0.2) is 53.5 Å². The number of fused-ring (bicyclic) bond motifs is 4. The van der Waals surface area contributed by atoms with Crippen molar-refractivity contribution >= 4 is 38.1 Å². The van der Waals surface area contributed by atoms with E-state index in [0.29, 0.717) is 28.2 Å². The Labute approximate surface area is 178 Å². The quantitative estimate of drug-likeness (QED) is 0.521. The maximum Gasteiger partial charge on any atom is 0.254 e. The number of hydrogen-bond donors (Lipinski definition) is 1. The van der Waals surface area contributed by atoms with Gasteiger partial charge in [0.05, 0.1) is 34.5 Å². The van der Waals surface area contributed by atoms with Crippen molar-refractivity contribution in [2.75, 3.05) is 25.6 Å². The number of imidazole rings is 1. The average Bonchev–Trinajstić information content (AvgIpc) is 3.39. The molecule has 31 heavy (non-hydrogen) atoms. The van der Waals surface area contributed by atoms with E-state index in [9.17, 15) is 13.2 Å². The summed E-state index contributed by atoms with van der Waals surface area (Å²) in [5.74, 6) is 0.654. The standard InChI is InChI=1S/C21H19N5O4S/c1-25(18-10-30-19-8-13(31(2,28)29)4-5-14(18)19)21(27)12-3-6-15-16(7-12)26-11-23-9-17(26)20(22)24-15/h3-9,11,18H,10H2,1-2H3,(H2,22,24)/t18-/m1/s1. The number of nitrogens with zero attached hydrogens (tertiary/aromatic N) is 4. The van der Waals surface area contributed by atoms with E-state index in [2.05, 4.69) is 9.97 Å². The van der Waals surface area contributed by atoms with E-state index in [1.165, 1.54) is 12.1 Å². The predicted molar refractivity (Wildman–Crippen MR) is 115 cm³/mol. The van der Waals surface area contributed by atoms with Crippen molar-refractivity contribution in [1.29, 1.82) is 0 Å². The molecule has 0 fully saturated rings. The zero-order valence-electron chi connectivity index (χ0n) is 16.8. The topological polar surface area (TPSA) is 120 Å². The molecule has 0 spiro atoms. The number of carbonyl (C=O) groups excluding carboxylic acids is 1. The van der Waals surface area contributed by atoms with Crippen LogP contribution in [0.5, 0.6) is 5.75 Å². The SMILES string of the molecule is CN(C(=O)c1ccc2nc(N)c3cncn3c2c1)[C@@H]1COc2cc(S(C)(=O)=O)ccc21. The number of rotatable bonds is 3. The van der Waals surface area contributed by atoms with Crippen LogP contribution < -0.4 is 10.5 Å². The molecule has 0 unspecified atom stereocenters. The molecule has 4 aromatic rings. The molecule has 3 heterocycles. The first-order valence-corrected chi connectivity index (χ1v) is 11.4. The fraction of sp³-hybridized carbons (Fsp3) is 0.190. The minimum atomic E-state index is -3.34. The Hall–Kier alpha value is -3.66. The molecule has 1 amide bonds. The van der Waals surface area contributed by atoms with Crippen LogP contribution in [0, 0.1) is 0 Å².